The third-order valence-electron chi connectivity index (χ3n) is 4.05. The highest BCUT2D eigenvalue weighted by Gasteiger charge is 2.31. The molecule has 1 aliphatic rings. The molecule has 0 bridgehead atoms. The van der Waals surface area contributed by atoms with Crippen LogP contribution in [0.5, 0.6) is 0 Å². The molecular weight excluding hydrogens is 405 g/mol. The number of thioether (sulfide) groups is 1. The first-order valence-corrected chi connectivity index (χ1v) is 10.00. The predicted molar refractivity (Wildman–Crippen MR) is 106 cm³/mol. The number of hydrogen-bond acceptors (Lipinski definition) is 5. The number of nitrogens with zero attached hydrogens (tertiary/aromatic N) is 4. The third-order valence-corrected chi connectivity index (χ3v) is 5.69. The van der Waals surface area contributed by atoms with Crippen molar-refractivity contribution in [2.24, 2.45) is 0 Å². The minimum atomic E-state index is -0.521. The molecule has 0 aliphatic heterocycles. The molecule has 138 valence electrons. The van der Waals surface area contributed by atoms with Gasteiger partial charge in [-0.3, -0.25) is 4.79 Å². The van der Waals surface area contributed by atoms with Gasteiger partial charge in [-0.05, 0) is 47.0 Å². The SMILES string of the molecule is O=C(Nc1cc(Cl)cc(Cl)c1)[C@@H](Sc1nnnn1C1CC1)c1ccccc1. The van der Waals surface area contributed by atoms with Gasteiger partial charge in [-0.25, -0.2) is 4.68 Å². The molecule has 6 nitrogen and oxygen atoms in total. The lowest BCUT2D eigenvalue weighted by atomic mass is 10.1. The number of carbonyl (C=O) groups excluding carboxylic acids is 1. The van der Waals surface area contributed by atoms with E-state index in [1.54, 1.807) is 22.9 Å². The zero-order valence-electron chi connectivity index (χ0n) is 14.0. The number of tetrazole rings is 1. The Hall–Kier alpha value is -2.09. The standard InChI is InChI=1S/C18H15Cl2N5OS/c19-12-8-13(20)10-14(9-12)21-17(26)16(11-4-2-1-3-5-11)27-18-22-23-24-25(18)15-6-7-15/h1-5,8-10,15-16H,6-7H2,(H,21,26)/t16-/m0/s1. The molecule has 0 unspecified atom stereocenters. The van der Waals surface area contributed by atoms with E-state index in [1.165, 1.54) is 11.8 Å². The first kappa shape index (κ1) is 18.3. The van der Waals surface area contributed by atoms with Crippen LogP contribution in [0.25, 0.3) is 0 Å². The third kappa shape index (κ3) is 4.43. The van der Waals surface area contributed by atoms with Crippen LogP contribution in [0, 0.1) is 0 Å². The Bertz CT molecular complexity index is 941. The Morgan fingerprint density at radius 3 is 2.52 bits per heavy atom. The highest BCUT2D eigenvalue weighted by molar-refractivity contribution is 8.00. The zero-order valence-corrected chi connectivity index (χ0v) is 16.4. The number of carbonyl (C=O) groups is 1. The van der Waals surface area contributed by atoms with Crippen molar-refractivity contribution in [1.29, 1.82) is 0 Å². The second kappa shape index (κ2) is 7.88. The van der Waals surface area contributed by atoms with E-state index in [0.717, 1.165) is 18.4 Å². The van der Waals surface area contributed by atoms with Gasteiger partial charge < -0.3 is 5.32 Å². The van der Waals surface area contributed by atoms with Crippen LogP contribution < -0.4 is 5.32 Å². The fourth-order valence-corrected chi connectivity index (χ4v) is 4.22. The smallest absolute Gasteiger partial charge is 0.242 e. The van der Waals surface area contributed by atoms with Crippen molar-refractivity contribution < 1.29 is 4.79 Å². The van der Waals surface area contributed by atoms with E-state index in [-0.39, 0.29) is 5.91 Å². The second-order valence-electron chi connectivity index (χ2n) is 6.19. The minimum Gasteiger partial charge on any atom is -0.325 e. The van der Waals surface area contributed by atoms with E-state index in [9.17, 15) is 4.79 Å². The van der Waals surface area contributed by atoms with Crippen LogP contribution in [0.4, 0.5) is 5.69 Å². The molecule has 1 N–H and O–H groups in total. The highest BCUT2D eigenvalue weighted by atomic mass is 35.5. The number of aromatic nitrogens is 4. The summed E-state index contributed by atoms with van der Waals surface area (Å²) in [4.78, 5) is 13.1. The van der Waals surface area contributed by atoms with Crippen LogP contribution in [0.1, 0.15) is 29.7 Å². The van der Waals surface area contributed by atoms with Gasteiger partial charge in [0.25, 0.3) is 0 Å². The Morgan fingerprint density at radius 2 is 1.85 bits per heavy atom. The van der Waals surface area contributed by atoms with Crippen molar-refractivity contribution in [2.45, 2.75) is 29.3 Å². The number of rotatable bonds is 6. The van der Waals surface area contributed by atoms with Gasteiger partial charge in [0.15, 0.2) is 0 Å². The normalized spacial score (nSPS) is 14.7. The van der Waals surface area contributed by atoms with Gasteiger partial charge in [0.05, 0.1) is 6.04 Å². The number of benzene rings is 2. The number of hydrogen-bond donors (Lipinski definition) is 1. The molecule has 0 radical (unpaired) electrons. The van der Waals surface area contributed by atoms with Crippen molar-refractivity contribution in [3.8, 4) is 0 Å². The Labute approximate surface area is 170 Å². The first-order chi connectivity index (χ1) is 13.1. The van der Waals surface area contributed by atoms with Crippen LogP contribution >= 0.6 is 35.0 Å². The summed E-state index contributed by atoms with van der Waals surface area (Å²) in [7, 11) is 0. The van der Waals surface area contributed by atoms with Crippen LogP contribution in [0.15, 0.2) is 53.7 Å². The Morgan fingerprint density at radius 1 is 1.15 bits per heavy atom. The van der Waals surface area contributed by atoms with Gasteiger partial charge in [0.1, 0.15) is 5.25 Å². The molecule has 1 heterocycles. The lowest BCUT2D eigenvalue weighted by Gasteiger charge is -2.17. The molecule has 27 heavy (non-hydrogen) atoms. The van der Waals surface area contributed by atoms with Crippen molar-refractivity contribution in [2.75, 3.05) is 5.32 Å². The lowest BCUT2D eigenvalue weighted by molar-refractivity contribution is -0.115. The van der Waals surface area contributed by atoms with E-state index in [4.69, 9.17) is 23.2 Å². The summed E-state index contributed by atoms with van der Waals surface area (Å²) in [5, 5.41) is 15.9. The molecule has 2 aromatic carbocycles. The van der Waals surface area contributed by atoms with Gasteiger partial charge in [-0.1, -0.05) is 65.3 Å². The maximum atomic E-state index is 13.1. The van der Waals surface area contributed by atoms with Crippen molar-refractivity contribution in [3.63, 3.8) is 0 Å². The summed E-state index contributed by atoms with van der Waals surface area (Å²) in [5.41, 5.74) is 1.40. The monoisotopic (exact) mass is 419 g/mol. The van der Waals surface area contributed by atoms with E-state index in [1.807, 2.05) is 30.3 Å². The highest BCUT2D eigenvalue weighted by Crippen LogP contribution is 2.40. The summed E-state index contributed by atoms with van der Waals surface area (Å²) in [6.45, 7) is 0. The van der Waals surface area contributed by atoms with E-state index < -0.39 is 5.25 Å². The average Bonchev–Trinajstić information content (AvgIpc) is 3.38. The predicted octanol–water partition coefficient (Wildman–Crippen LogP) is 4.79. The topological polar surface area (TPSA) is 72.7 Å². The molecule has 0 saturated heterocycles. The van der Waals surface area contributed by atoms with Crippen molar-refractivity contribution in [1.82, 2.24) is 20.2 Å². The van der Waals surface area contributed by atoms with Gasteiger partial charge in [0, 0.05) is 15.7 Å². The molecule has 1 aromatic heterocycles. The van der Waals surface area contributed by atoms with Gasteiger partial charge in [0.2, 0.25) is 11.1 Å². The van der Waals surface area contributed by atoms with Gasteiger partial charge >= 0.3 is 0 Å². The van der Waals surface area contributed by atoms with Crippen LogP contribution in [0.2, 0.25) is 10.0 Å². The maximum Gasteiger partial charge on any atom is 0.242 e. The van der Waals surface area contributed by atoms with Gasteiger partial charge in [-0.2, -0.15) is 0 Å². The molecular formula is C18H15Cl2N5OS. The number of amides is 1. The molecule has 3 aromatic rings. The molecule has 1 amide bonds. The summed E-state index contributed by atoms with van der Waals surface area (Å²) >= 11 is 13.4. The quantitative estimate of drug-likeness (QED) is 0.581. The number of halogens is 2. The fraction of sp³-hybridized carbons (Fsp3) is 0.222. The van der Waals surface area contributed by atoms with Crippen molar-refractivity contribution in [3.05, 3.63) is 64.1 Å². The van der Waals surface area contributed by atoms with E-state index in [0.29, 0.717) is 26.9 Å². The number of nitrogens with one attached hydrogen (secondary N) is 1. The van der Waals surface area contributed by atoms with Crippen LogP contribution in [-0.2, 0) is 4.79 Å². The summed E-state index contributed by atoms with van der Waals surface area (Å²) < 4.78 is 1.80. The molecule has 1 fully saturated rings. The Kier molecular flexibility index (Phi) is 5.33. The van der Waals surface area contributed by atoms with Crippen molar-refractivity contribution >= 4 is 46.6 Å². The Balaban J connectivity index is 1.61. The fourth-order valence-electron chi connectivity index (χ4n) is 2.65. The molecule has 1 saturated carbocycles. The molecule has 1 aliphatic carbocycles. The van der Waals surface area contributed by atoms with E-state index >= 15 is 0 Å². The molecule has 4 rings (SSSR count). The first-order valence-electron chi connectivity index (χ1n) is 8.36. The second-order valence-corrected chi connectivity index (χ2v) is 8.14. The molecule has 0 spiro atoms. The van der Waals surface area contributed by atoms with Gasteiger partial charge in [-0.15, -0.1) is 5.10 Å². The summed E-state index contributed by atoms with van der Waals surface area (Å²) in [6, 6.07) is 14.8. The van der Waals surface area contributed by atoms with Crippen LogP contribution in [0.3, 0.4) is 0 Å². The largest absolute Gasteiger partial charge is 0.325 e. The minimum absolute atomic E-state index is 0.199. The summed E-state index contributed by atoms with van der Waals surface area (Å²) in [5.74, 6) is -0.199. The van der Waals surface area contributed by atoms with Crippen LogP contribution in [-0.4, -0.2) is 26.1 Å². The molecule has 1 atom stereocenters. The molecule has 9 heteroatoms. The average molecular weight is 420 g/mol. The zero-order chi connectivity index (χ0) is 18.8. The lowest BCUT2D eigenvalue weighted by Crippen LogP contribution is -2.19. The maximum absolute atomic E-state index is 13.1. The number of anilines is 1. The van der Waals surface area contributed by atoms with E-state index in [2.05, 4.69) is 20.8 Å². The summed E-state index contributed by atoms with van der Waals surface area (Å²) in [6.07, 6.45) is 2.11.